The van der Waals surface area contributed by atoms with Gasteiger partial charge in [-0.1, -0.05) is 71.3 Å². The van der Waals surface area contributed by atoms with Gasteiger partial charge in [0.05, 0.1) is 6.20 Å². The zero-order valence-corrected chi connectivity index (χ0v) is 18.0. The van der Waals surface area contributed by atoms with E-state index in [2.05, 4.69) is 58.7 Å². The van der Waals surface area contributed by atoms with Crippen LogP contribution in [0.3, 0.4) is 0 Å². The fourth-order valence-corrected chi connectivity index (χ4v) is 2.84. The Morgan fingerprint density at radius 2 is 1.92 bits per heavy atom. The minimum atomic E-state index is 0.363. The van der Waals surface area contributed by atoms with Gasteiger partial charge in [0.15, 0.2) is 6.39 Å². The van der Waals surface area contributed by atoms with E-state index in [-0.39, 0.29) is 0 Å². The number of aryl methyl sites for hydroxylation is 1. The third-order valence-corrected chi connectivity index (χ3v) is 5.23. The summed E-state index contributed by atoms with van der Waals surface area (Å²) >= 11 is 0. The van der Waals surface area contributed by atoms with Gasteiger partial charge >= 0.3 is 0 Å². The highest BCUT2D eigenvalue weighted by atomic mass is 16.3. The Kier molecular flexibility index (Phi) is 12.3. The summed E-state index contributed by atoms with van der Waals surface area (Å²) in [5.74, 6) is 1.68. The average Bonchev–Trinajstić information content (AvgIpc) is 3.14. The molecule has 0 aliphatic carbocycles. The van der Waals surface area contributed by atoms with Gasteiger partial charge < -0.3 is 4.42 Å². The molecule has 0 spiro atoms. The van der Waals surface area contributed by atoms with Gasteiger partial charge in [0.1, 0.15) is 5.76 Å². The van der Waals surface area contributed by atoms with Crippen molar-refractivity contribution >= 4 is 0 Å². The molecule has 1 heterocycles. The number of hydrogen-bond donors (Lipinski definition) is 0. The number of aromatic nitrogens is 1. The maximum absolute atomic E-state index is 5.29. The van der Waals surface area contributed by atoms with Crippen molar-refractivity contribution in [1.82, 2.24) is 4.98 Å². The Bertz CT molecular complexity index is 498. The molecule has 1 aromatic heterocycles. The van der Waals surface area contributed by atoms with Crippen LogP contribution >= 0.6 is 0 Å². The number of allylic oxidation sites excluding steroid dienone is 4. The van der Waals surface area contributed by atoms with Crippen molar-refractivity contribution in [2.45, 2.75) is 93.9 Å². The number of hydrogen-bond acceptors (Lipinski definition) is 2. The molecule has 2 unspecified atom stereocenters. The molecule has 0 fully saturated rings. The molecule has 0 bridgehead atoms. The molecule has 2 atom stereocenters. The Hall–Kier alpha value is -1.31. The Morgan fingerprint density at radius 3 is 2.44 bits per heavy atom. The summed E-state index contributed by atoms with van der Waals surface area (Å²) in [6, 6.07) is 0. The van der Waals surface area contributed by atoms with Gasteiger partial charge in [-0.3, -0.25) is 0 Å². The predicted octanol–water partition coefficient (Wildman–Crippen LogP) is 7.77. The van der Waals surface area contributed by atoms with Crippen molar-refractivity contribution in [2.75, 3.05) is 0 Å². The van der Waals surface area contributed by atoms with Crippen LogP contribution in [0.5, 0.6) is 0 Å². The lowest BCUT2D eigenvalue weighted by Crippen LogP contribution is -2.15. The molecule has 0 saturated heterocycles. The zero-order valence-electron chi connectivity index (χ0n) is 18.0. The summed E-state index contributed by atoms with van der Waals surface area (Å²) in [5.41, 5.74) is 3.39. The quantitative estimate of drug-likeness (QED) is 0.404. The van der Waals surface area contributed by atoms with Crippen LogP contribution in [0.2, 0.25) is 0 Å². The summed E-state index contributed by atoms with van der Waals surface area (Å²) in [5, 5.41) is 0. The summed E-state index contributed by atoms with van der Waals surface area (Å²) in [4.78, 5) is 3.96. The van der Waals surface area contributed by atoms with E-state index in [1.807, 2.05) is 20.0 Å². The second-order valence-corrected chi connectivity index (χ2v) is 7.36. The second-order valence-electron chi connectivity index (χ2n) is 7.36. The summed E-state index contributed by atoms with van der Waals surface area (Å²) in [6.45, 7) is 17.9. The number of rotatable bonds is 10. The molecule has 2 heteroatoms. The highest BCUT2D eigenvalue weighted by Crippen LogP contribution is 2.35. The number of nitrogens with zero attached hydrogens (tertiary/aromatic N) is 1. The fraction of sp³-hybridized carbons (Fsp3) is 0.696. The number of oxazole rings is 1. The van der Waals surface area contributed by atoms with E-state index in [9.17, 15) is 0 Å². The molecule has 0 amide bonds. The molecule has 25 heavy (non-hydrogen) atoms. The summed E-state index contributed by atoms with van der Waals surface area (Å²) < 4.78 is 5.29. The monoisotopic (exact) mass is 347 g/mol. The average molecular weight is 348 g/mol. The minimum Gasteiger partial charge on any atom is -0.449 e. The second kappa shape index (κ2) is 13.0. The molecule has 144 valence electrons. The highest BCUT2D eigenvalue weighted by molar-refractivity contribution is 5.08. The van der Waals surface area contributed by atoms with Crippen LogP contribution in [0.1, 0.15) is 93.3 Å². The zero-order chi connectivity index (χ0) is 19.3. The van der Waals surface area contributed by atoms with Gasteiger partial charge in [0.2, 0.25) is 0 Å². The molecular weight excluding hydrogens is 306 g/mol. The van der Waals surface area contributed by atoms with Crippen molar-refractivity contribution < 1.29 is 4.42 Å². The van der Waals surface area contributed by atoms with Gasteiger partial charge in [-0.05, 0) is 50.9 Å². The summed E-state index contributed by atoms with van der Waals surface area (Å²) in [6.07, 6.45) is 14.9. The first-order valence-electron chi connectivity index (χ1n) is 10.1. The van der Waals surface area contributed by atoms with E-state index in [1.54, 1.807) is 5.57 Å². The van der Waals surface area contributed by atoms with Crippen LogP contribution in [0.25, 0.3) is 0 Å². The Labute approximate surface area is 156 Å². The first-order valence-corrected chi connectivity index (χ1v) is 10.1. The molecule has 1 rings (SSSR count). The van der Waals surface area contributed by atoms with Crippen molar-refractivity contribution in [3.05, 3.63) is 41.6 Å². The van der Waals surface area contributed by atoms with E-state index in [4.69, 9.17) is 4.42 Å². The Balaban J connectivity index is 0.00000277. The van der Waals surface area contributed by atoms with Crippen LogP contribution < -0.4 is 0 Å². The molecule has 0 radical (unpaired) electrons. The first kappa shape index (κ1) is 23.7. The predicted molar refractivity (Wildman–Crippen MR) is 111 cm³/mol. The molecule has 1 aromatic rings. The van der Waals surface area contributed by atoms with E-state index in [1.165, 1.54) is 37.7 Å². The third kappa shape index (κ3) is 9.67. The SMILES string of the molecule is CC.CCC(C)/C(C)=C/CC(C)(CC)C/C(C)=C/CCc1cnco1. The topological polar surface area (TPSA) is 26.0 Å². The molecule has 0 aromatic carbocycles. The lowest BCUT2D eigenvalue weighted by molar-refractivity contribution is 0.310. The van der Waals surface area contributed by atoms with Crippen LogP contribution in [-0.2, 0) is 6.42 Å². The van der Waals surface area contributed by atoms with Crippen LogP contribution in [0, 0.1) is 11.3 Å². The van der Waals surface area contributed by atoms with Crippen molar-refractivity contribution in [2.24, 2.45) is 11.3 Å². The van der Waals surface area contributed by atoms with Crippen LogP contribution in [0.15, 0.2) is 40.3 Å². The summed E-state index contributed by atoms with van der Waals surface area (Å²) in [7, 11) is 0. The highest BCUT2D eigenvalue weighted by Gasteiger charge is 2.21. The van der Waals surface area contributed by atoms with E-state index in [0.717, 1.165) is 18.6 Å². The standard InChI is InChI=1S/C21H35NO.C2H6/c1-7-18(4)19(5)12-13-21(6,8-2)14-17(3)10-9-11-20-15-22-16-23-20;1-2/h10,12,15-16,18H,7-9,11,13-14H2,1-6H3;1-2H3/b17-10+,19-12+;. The van der Waals surface area contributed by atoms with Crippen molar-refractivity contribution in [3.8, 4) is 0 Å². The maximum atomic E-state index is 5.29. The largest absolute Gasteiger partial charge is 0.449 e. The van der Waals surface area contributed by atoms with E-state index in [0.29, 0.717) is 11.3 Å². The van der Waals surface area contributed by atoms with E-state index < -0.39 is 0 Å². The normalized spacial score (nSPS) is 16.0. The maximum Gasteiger partial charge on any atom is 0.180 e. The third-order valence-electron chi connectivity index (χ3n) is 5.23. The van der Waals surface area contributed by atoms with Crippen molar-refractivity contribution in [3.63, 3.8) is 0 Å². The lowest BCUT2D eigenvalue weighted by Gasteiger charge is -2.28. The molecular formula is C23H41NO. The van der Waals surface area contributed by atoms with Crippen LogP contribution in [-0.4, -0.2) is 4.98 Å². The minimum absolute atomic E-state index is 0.363. The lowest BCUT2D eigenvalue weighted by atomic mass is 9.77. The molecule has 0 aliphatic rings. The van der Waals surface area contributed by atoms with Gasteiger partial charge in [-0.25, -0.2) is 4.98 Å². The molecule has 0 aliphatic heterocycles. The van der Waals surface area contributed by atoms with Gasteiger partial charge in [-0.2, -0.15) is 0 Å². The Morgan fingerprint density at radius 1 is 1.24 bits per heavy atom. The first-order chi connectivity index (χ1) is 11.9. The van der Waals surface area contributed by atoms with E-state index >= 15 is 0 Å². The molecule has 2 nitrogen and oxygen atoms in total. The van der Waals surface area contributed by atoms with Gasteiger partial charge in [0, 0.05) is 6.42 Å². The molecule has 0 saturated carbocycles. The van der Waals surface area contributed by atoms with Crippen molar-refractivity contribution in [1.29, 1.82) is 0 Å². The van der Waals surface area contributed by atoms with Crippen LogP contribution in [0.4, 0.5) is 0 Å². The van der Waals surface area contributed by atoms with Gasteiger partial charge in [0.25, 0.3) is 0 Å². The fourth-order valence-electron chi connectivity index (χ4n) is 2.84. The smallest absolute Gasteiger partial charge is 0.180 e. The van der Waals surface area contributed by atoms with Gasteiger partial charge in [-0.15, -0.1) is 0 Å². The molecule has 0 N–H and O–H groups in total.